The van der Waals surface area contributed by atoms with Gasteiger partial charge < -0.3 is 11.1 Å². The summed E-state index contributed by atoms with van der Waals surface area (Å²) in [7, 11) is 0. The number of para-hydroxylation sites is 1. The summed E-state index contributed by atoms with van der Waals surface area (Å²) >= 11 is 0. The van der Waals surface area contributed by atoms with Crippen LogP contribution >= 0.6 is 0 Å². The zero-order valence-electron chi connectivity index (χ0n) is 12.5. The van der Waals surface area contributed by atoms with Gasteiger partial charge in [0.05, 0.1) is 16.6 Å². The number of fused-ring (bicyclic) bond motifs is 1. The molecule has 2 unspecified atom stereocenters. The number of hydrogen-bond acceptors (Lipinski definition) is 3. The van der Waals surface area contributed by atoms with E-state index in [1.807, 2.05) is 44.2 Å². The van der Waals surface area contributed by atoms with Gasteiger partial charge in [0.25, 0.3) is 0 Å². The summed E-state index contributed by atoms with van der Waals surface area (Å²) in [6, 6.07) is 9.71. The Kier molecular flexibility index (Phi) is 3.41. The lowest BCUT2D eigenvalue weighted by Gasteiger charge is -2.27. The maximum atomic E-state index is 12.7. The molecule has 4 heteroatoms. The average Bonchev–Trinajstić information content (AvgIpc) is 2.80. The van der Waals surface area contributed by atoms with E-state index in [-0.39, 0.29) is 11.9 Å². The summed E-state index contributed by atoms with van der Waals surface area (Å²) in [5.74, 6) is 0.0169. The lowest BCUT2D eigenvalue weighted by molar-refractivity contribution is -0.125. The van der Waals surface area contributed by atoms with E-state index in [2.05, 4.69) is 10.3 Å². The molecule has 0 saturated heterocycles. The molecular formula is C17H21N3O. The van der Waals surface area contributed by atoms with E-state index in [0.717, 1.165) is 41.5 Å². The number of aromatic nitrogens is 1. The molecule has 1 aromatic carbocycles. The van der Waals surface area contributed by atoms with Crippen molar-refractivity contribution in [1.29, 1.82) is 0 Å². The Labute approximate surface area is 124 Å². The number of aryl methyl sites for hydroxylation is 1. The SMILES string of the molecule is Cc1cc(NC(=O)C2(C)CCCC2N)c2ccccc2n1. The van der Waals surface area contributed by atoms with Crippen LogP contribution in [0.5, 0.6) is 0 Å². The summed E-state index contributed by atoms with van der Waals surface area (Å²) < 4.78 is 0. The minimum absolute atomic E-state index is 0.0169. The van der Waals surface area contributed by atoms with E-state index in [9.17, 15) is 4.79 Å². The Morgan fingerprint density at radius 1 is 1.43 bits per heavy atom. The van der Waals surface area contributed by atoms with Gasteiger partial charge in [0.15, 0.2) is 0 Å². The molecule has 1 amide bonds. The molecule has 1 aromatic heterocycles. The highest BCUT2D eigenvalue weighted by Gasteiger charge is 2.43. The van der Waals surface area contributed by atoms with Crippen molar-refractivity contribution in [3.8, 4) is 0 Å². The predicted octanol–water partition coefficient (Wildman–Crippen LogP) is 3.00. The van der Waals surface area contributed by atoms with Gasteiger partial charge in [-0.05, 0) is 38.8 Å². The fraction of sp³-hybridized carbons (Fsp3) is 0.412. The van der Waals surface area contributed by atoms with Gasteiger partial charge in [-0.15, -0.1) is 0 Å². The molecule has 110 valence electrons. The minimum Gasteiger partial charge on any atom is -0.327 e. The highest BCUT2D eigenvalue weighted by atomic mass is 16.2. The second-order valence-electron chi connectivity index (χ2n) is 6.20. The van der Waals surface area contributed by atoms with Crippen LogP contribution in [0.3, 0.4) is 0 Å². The van der Waals surface area contributed by atoms with Gasteiger partial charge in [0.1, 0.15) is 0 Å². The lowest BCUT2D eigenvalue weighted by atomic mass is 9.84. The van der Waals surface area contributed by atoms with E-state index >= 15 is 0 Å². The van der Waals surface area contributed by atoms with Crippen molar-refractivity contribution in [2.75, 3.05) is 5.32 Å². The summed E-state index contributed by atoms with van der Waals surface area (Å²) in [4.78, 5) is 17.2. The average molecular weight is 283 g/mol. The van der Waals surface area contributed by atoms with Gasteiger partial charge in [0, 0.05) is 17.1 Å². The molecule has 4 nitrogen and oxygen atoms in total. The molecule has 3 N–H and O–H groups in total. The quantitative estimate of drug-likeness (QED) is 0.890. The van der Waals surface area contributed by atoms with Crippen LogP contribution in [0.1, 0.15) is 31.9 Å². The molecule has 21 heavy (non-hydrogen) atoms. The number of carbonyl (C=O) groups excluding carboxylic acids is 1. The van der Waals surface area contributed by atoms with E-state index in [1.54, 1.807) is 0 Å². The number of anilines is 1. The first-order valence-electron chi connectivity index (χ1n) is 7.44. The summed E-state index contributed by atoms with van der Waals surface area (Å²) in [5, 5.41) is 4.04. The first-order valence-corrected chi connectivity index (χ1v) is 7.44. The molecule has 2 atom stereocenters. The van der Waals surface area contributed by atoms with Crippen molar-refractivity contribution < 1.29 is 4.79 Å². The first-order chi connectivity index (χ1) is 10.0. The Bertz CT molecular complexity index is 697. The van der Waals surface area contributed by atoms with Crippen molar-refractivity contribution in [3.63, 3.8) is 0 Å². The molecule has 1 aliphatic rings. The van der Waals surface area contributed by atoms with Crippen molar-refractivity contribution >= 4 is 22.5 Å². The van der Waals surface area contributed by atoms with Crippen LogP contribution in [0, 0.1) is 12.3 Å². The number of nitrogens with zero attached hydrogens (tertiary/aromatic N) is 1. The molecule has 0 bridgehead atoms. The van der Waals surface area contributed by atoms with E-state index in [4.69, 9.17) is 5.73 Å². The van der Waals surface area contributed by atoms with Crippen molar-refractivity contribution in [1.82, 2.24) is 4.98 Å². The standard InChI is InChI=1S/C17H21N3O/c1-11-10-14(12-6-3-4-7-13(12)19-11)20-16(21)17(2)9-5-8-15(17)18/h3-4,6-7,10,15H,5,8-9,18H2,1-2H3,(H,19,20,21). The molecule has 1 saturated carbocycles. The lowest BCUT2D eigenvalue weighted by Crippen LogP contribution is -2.44. The van der Waals surface area contributed by atoms with E-state index < -0.39 is 5.41 Å². The molecular weight excluding hydrogens is 262 g/mol. The van der Waals surface area contributed by atoms with Crippen LogP contribution in [-0.2, 0) is 4.79 Å². The van der Waals surface area contributed by atoms with Gasteiger partial charge in [0.2, 0.25) is 5.91 Å². The third kappa shape index (κ3) is 2.40. The molecule has 1 fully saturated rings. The Hall–Kier alpha value is -1.94. The van der Waals surface area contributed by atoms with Gasteiger partial charge in [-0.2, -0.15) is 0 Å². The van der Waals surface area contributed by atoms with Gasteiger partial charge >= 0.3 is 0 Å². The maximum Gasteiger partial charge on any atom is 0.231 e. The number of carbonyl (C=O) groups is 1. The molecule has 0 radical (unpaired) electrons. The largest absolute Gasteiger partial charge is 0.327 e. The zero-order chi connectivity index (χ0) is 15.0. The number of nitrogens with one attached hydrogen (secondary N) is 1. The van der Waals surface area contributed by atoms with E-state index in [1.165, 1.54) is 0 Å². The normalized spacial score (nSPS) is 25.2. The molecule has 1 aliphatic carbocycles. The third-order valence-electron chi connectivity index (χ3n) is 4.64. The predicted molar refractivity (Wildman–Crippen MR) is 85.0 cm³/mol. The van der Waals surface area contributed by atoms with Crippen LogP contribution in [0.15, 0.2) is 30.3 Å². The molecule has 0 aliphatic heterocycles. The number of rotatable bonds is 2. The van der Waals surface area contributed by atoms with Crippen molar-refractivity contribution in [2.45, 2.75) is 39.2 Å². The number of benzene rings is 1. The third-order valence-corrected chi connectivity index (χ3v) is 4.64. The highest BCUT2D eigenvalue weighted by Crippen LogP contribution is 2.38. The van der Waals surface area contributed by atoms with Gasteiger partial charge in [-0.3, -0.25) is 9.78 Å². The first kappa shape index (κ1) is 14.0. The minimum atomic E-state index is -0.474. The zero-order valence-corrected chi connectivity index (χ0v) is 12.5. The fourth-order valence-corrected chi connectivity index (χ4v) is 3.15. The number of pyridine rings is 1. The van der Waals surface area contributed by atoms with E-state index in [0.29, 0.717) is 0 Å². The Morgan fingerprint density at radius 2 is 2.19 bits per heavy atom. The van der Waals surface area contributed by atoms with Crippen LogP contribution in [0.4, 0.5) is 5.69 Å². The summed E-state index contributed by atoms with van der Waals surface area (Å²) in [5.41, 5.74) is 8.28. The van der Waals surface area contributed by atoms with Crippen LogP contribution < -0.4 is 11.1 Å². The smallest absolute Gasteiger partial charge is 0.231 e. The van der Waals surface area contributed by atoms with Gasteiger partial charge in [-0.1, -0.05) is 24.6 Å². The molecule has 3 rings (SSSR count). The number of nitrogens with two attached hydrogens (primary N) is 1. The Morgan fingerprint density at radius 3 is 2.90 bits per heavy atom. The number of hydrogen-bond donors (Lipinski definition) is 2. The van der Waals surface area contributed by atoms with Crippen molar-refractivity contribution in [2.24, 2.45) is 11.1 Å². The van der Waals surface area contributed by atoms with Crippen LogP contribution in [0.25, 0.3) is 10.9 Å². The van der Waals surface area contributed by atoms with Crippen LogP contribution in [-0.4, -0.2) is 16.9 Å². The topological polar surface area (TPSA) is 68.0 Å². The fourth-order valence-electron chi connectivity index (χ4n) is 3.15. The molecule has 2 aromatic rings. The highest BCUT2D eigenvalue weighted by molar-refractivity contribution is 6.03. The van der Waals surface area contributed by atoms with Gasteiger partial charge in [-0.25, -0.2) is 0 Å². The Balaban J connectivity index is 1.97. The second kappa shape index (κ2) is 5.11. The van der Waals surface area contributed by atoms with Crippen molar-refractivity contribution in [3.05, 3.63) is 36.0 Å². The summed E-state index contributed by atoms with van der Waals surface area (Å²) in [6.07, 6.45) is 2.78. The maximum absolute atomic E-state index is 12.7. The summed E-state index contributed by atoms with van der Waals surface area (Å²) in [6.45, 7) is 3.90. The monoisotopic (exact) mass is 283 g/mol. The second-order valence-corrected chi connectivity index (χ2v) is 6.20. The van der Waals surface area contributed by atoms with Crippen LogP contribution in [0.2, 0.25) is 0 Å². The molecule has 1 heterocycles. The number of amides is 1. The molecule has 0 spiro atoms.